The molecule has 5 nitrogen and oxygen atoms in total. The second kappa shape index (κ2) is 7.85. The lowest BCUT2D eigenvalue weighted by atomic mass is 10.1. The molecule has 3 rings (SSSR count). The number of nitrogens with zero attached hydrogens (tertiary/aromatic N) is 3. The van der Waals surface area contributed by atoms with Crippen molar-refractivity contribution in [3.8, 4) is 11.3 Å². The van der Waals surface area contributed by atoms with Crippen LogP contribution in [-0.4, -0.2) is 21.2 Å². The number of carboxylic acid groups (broad SMARTS) is 1. The summed E-state index contributed by atoms with van der Waals surface area (Å²) < 4.78 is 39.2. The number of hydrogen-bond donors (Lipinski definition) is 1. The Morgan fingerprint density at radius 2 is 1.82 bits per heavy atom. The maximum Gasteiger partial charge on any atom is 0.417 e. The van der Waals surface area contributed by atoms with E-state index in [0.29, 0.717) is 11.3 Å². The Hall–Kier alpha value is -3.13. The summed E-state index contributed by atoms with van der Waals surface area (Å²) in [7, 11) is 0. The van der Waals surface area contributed by atoms with E-state index in [4.69, 9.17) is 11.6 Å². The lowest BCUT2D eigenvalue weighted by Crippen LogP contribution is -2.28. The van der Waals surface area contributed by atoms with E-state index in [9.17, 15) is 23.1 Å². The number of halogens is 4. The summed E-state index contributed by atoms with van der Waals surface area (Å²) in [5.74, 6) is 0. The zero-order valence-corrected chi connectivity index (χ0v) is 14.9. The largest absolute Gasteiger partial charge is 0.465 e. The molecule has 9 heteroatoms. The van der Waals surface area contributed by atoms with Gasteiger partial charge in [0.15, 0.2) is 0 Å². The van der Waals surface area contributed by atoms with Gasteiger partial charge >= 0.3 is 12.3 Å². The van der Waals surface area contributed by atoms with Crippen LogP contribution in [0.3, 0.4) is 0 Å². The average molecular weight is 408 g/mol. The topological polar surface area (TPSA) is 66.3 Å². The van der Waals surface area contributed by atoms with Gasteiger partial charge in [0.05, 0.1) is 29.0 Å². The fourth-order valence-corrected chi connectivity index (χ4v) is 2.80. The van der Waals surface area contributed by atoms with Crippen molar-refractivity contribution in [3.63, 3.8) is 0 Å². The van der Waals surface area contributed by atoms with E-state index in [2.05, 4.69) is 9.97 Å². The molecule has 2 aromatic carbocycles. The molecular weight excluding hydrogens is 395 g/mol. The molecule has 0 unspecified atom stereocenters. The molecule has 0 aliphatic heterocycles. The van der Waals surface area contributed by atoms with Crippen molar-refractivity contribution in [2.24, 2.45) is 0 Å². The van der Waals surface area contributed by atoms with E-state index in [1.807, 2.05) is 0 Å². The third-order valence-corrected chi connectivity index (χ3v) is 4.28. The molecule has 0 fully saturated rings. The van der Waals surface area contributed by atoms with Crippen LogP contribution in [0.25, 0.3) is 11.3 Å². The van der Waals surface area contributed by atoms with Crippen LogP contribution >= 0.6 is 11.6 Å². The Labute approximate surface area is 163 Å². The van der Waals surface area contributed by atoms with Gasteiger partial charge in [-0.1, -0.05) is 35.9 Å². The highest BCUT2D eigenvalue weighted by Crippen LogP contribution is 2.37. The number of anilines is 1. The molecule has 0 aliphatic carbocycles. The number of aromatic nitrogens is 2. The van der Waals surface area contributed by atoms with E-state index >= 15 is 0 Å². The van der Waals surface area contributed by atoms with Crippen LogP contribution in [0, 0.1) is 0 Å². The third-order valence-electron chi connectivity index (χ3n) is 3.95. The summed E-state index contributed by atoms with van der Waals surface area (Å²) in [5.41, 5.74) is 0.818. The van der Waals surface area contributed by atoms with Gasteiger partial charge in [-0.15, -0.1) is 0 Å². The molecule has 1 amide bonds. The van der Waals surface area contributed by atoms with Crippen LogP contribution in [0.1, 0.15) is 11.1 Å². The van der Waals surface area contributed by atoms with Crippen molar-refractivity contribution in [3.05, 3.63) is 77.2 Å². The first-order chi connectivity index (χ1) is 13.3. The number of hydrogen-bond acceptors (Lipinski definition) is 3. The maximum atomic E-state index is 13.1. The minimum atomic E-state index is -4.68. The molecule has 0 aliphatic rings. The summed E-state index contributed by atoms with van der Waals surface area (Å²) in [6.45, 7) is -0.130. The number of amides is 1. The van der Waals surface area contributed by atoms with Crippen LogP contribution in [0.15, 0.2) is 61.1 Å². The summed E-state index contributed by atoms with van der Waals surface area (Å²) >= 11 is 5.60. The Morgan fingerprint density at radius 3 is 2.39 bits per heavy atom. The Bertz CT molecular complexity index is 980. The number of carbonyl (C=O) groups is 1. The first-order valence-corrected chi connectivity index (χ1v) is 8.36. The van der Waals surface area contributed by atoms with Gasteiger partial charge in [0, 0.05) is 23.6 Å². The fraction of sp³-hybridized carbons (Fsp3) is 0.105. The van der Waals surface area contributed by atoms with Gasteiger partial charge < -0.3 is 5.11 Å². The predicted octanol–water partition coefficient (Wildman–Crippen LogP) is 5.50. The highest BCUT2D eigenvalue weighted by molar-refractivity contribution is 6.31. The monoisotopic (exact) mass is 407 g/mol. The molecule has 0 saturated carbocycles. The minimum absolute atomic E-state index is 0.123. The third kappa shape index (κ3) is 4.40. The number of rotatable bonds is 4. The maximum absolute atomic E-state index is 13.1. The summed E-state index contributed by atoms with van der Waals surface area (Å²) in [5, 5.41) is 8.99. The second-order valence-corrected chi connectivity index (χ2v) is 6.23. The van der Waals surface area contributed by atoms with E-state index in [1.54, 1.807) is 42.9 Å². The Morgan fingerprint density at radius 1 is 1.11 bits per heavy atom. The lowest BCUT2D eigenvalue weighted by Gasteiger charge is -2.21. The van der Waals surface area contributed by atoms with Gasteiger partial charge in [-0.2, -0.15) is 13.2 Å². The molecule has 0 saturated heterocycles. The van der Waals surface area contributed by atoms with Crippen molar-refractivity contribution >= 4 is 23.4 Å². The number of benzene rings is 2. The van der Waals surface area contributed by atoms with Crippen LogP contribution in [0.2, 0.25) is 5.02 Å². The molecule has 0 radical (unpaired) electrons. The summed E-state index contributed by atoms with van der Waals surface area (Å²) in [6.07, 6.45) is -1.38. The van der Waals surface area contributed by atoms with Crippen molar-refractivity contribution < 1.29 is 23.1 Å². The lowest BCUT2D eigenvalue weighted by molar-refractivity contribution is -0.137. The van der Waals surface area contributed by atoms with Crippen LogP contribution in [0.4, 0.5) is 23.7 Å². The van der Waals surface area contributed by atoms with Crippen LogP contribution < -0.4 is 4.90 Å². The molecule has 3 aromatic rings. The quantitative estimate of drug-likeness (QED) is 0.620. The second-order valence-electron chi connectivity index (χ2n) is 5.82. The standard InChI is InChI=1S/C19H13ClF3N3O2/c20-16-6-5-14(9-15(16)19(21,22)23)26(18(27)28)11-12-1-3-13(4-2-12)17-10-24-7-8-25-17/h1-10H,11H2,(H,27,28). The van der Waals surface area contributed by atoms with E-state index in [1.165, 1.54) is 6.07 Å². The number of alkyl halides is 3. The van der Waals surface area contributed by atoms with Gasteiger partial charge in [0.1, 0.15) is 0 Å². The van der Waals surface area contributed by atoms with Gasteiger partial charge in [-0.3, -0.25) is 14.9 Å². The molecule has 28 heavy (non-hydrogen) atoms. The van der Waals surface area contributed by atoms with Gasteiger partial charge in [-0.05, 0) is 23.8 Å². The molecule has 144 valence electrons. The molecule has 0 bridgehead atoms. The molecule has 0 spiro atoms. The predicted molar refractivity (Wildman–Crippen MR) is 98.1 cm³/mol. The summed E-state index contributed by atoms with van der Waals surface area (Å²) in [6, 6.07) is 9.84. The van der Waals surface area contributed by atoms with Crippen LogP contribution in [0.5, 0.6) is 0 Å². The SMILES string of the molecule is O=C(O)N(Cc1ccc(-c2cnccn2)cc1)c1ccc(Cl)c(C(F)(F)F)c1. The van der Waals surface area contributed by atoms with Crippen molar-refractivity contribution in [1.82, 2.24) is 9.97 Å². The van der Waals surface area contributed by atoms with E-state index in [0.717, 1.165) is 22.6 Å². The fourth-order valence-electron chi connectivity index (χ4n) is 2.58. The average Bonchev–Trinajstić information content (AvgIpc) is 2.67. The smallest absolute Gasteiger partial charge is 0.417 e. The van der Waals surface area contributed by atoms with E-state index in [-0.39, 0.29) is 12.2 Å². The van der Waals surface area contributed by atoms with Crippen molar-refractivity contribution in [2.75, 3.05) is 4.90 Å². The highest BCUT2D eigenvalue weighted by atomic mass is 35.5. The first kappa shape index (κ1) is 19.6. The van der Waals surface area contributed by atoms with E-state index < -0.39 is 22.9 Å². The van der Waals surface area contributed by atoms with Gasteiger partial charge in [0.2, 0.25) is 0 Å². The van der Waals surface area contributed by atoms with Crippen molar-refractivity contribution in [2.45, 2.75) is 12.7 Å². The molecule has 0 atom stereocenters. The molecule has 1 N–H and O–H groups in total. The molecular formula is C19H13ClF3N3O2. The zero-order chi connectivity index (χ0) is 20.3. The Balaban J connectivity index is 1.87. The first-order valence-electron chi connectivity index (χ1n) is 7.98. The summed E-state index contributed by atoms with van der Waals surface area (Å²) in [4.78, 5) is 20.6. The van der Waals surface area contributed by atoms with Crippen molar-refractivity contribution in [1.29, 1.82) is 0 Å². The molecule has 1 heterocycles. The highest BCUT2D eigenvalue weighted by Gasteiger charge is 2.34. The van der Waals surface area contributed by atoms with Crippen LogP contribution in [-0.2, 0) is 12.7 Å². The minimum Gasteiger partial charge on any atom is -0.465 e. The Kier molecular flexibility index (Phi) is 5.51. The van der Waals surface area contributed by atoms with Gasteiger partial charge in [-0.25, -0.2) is 4.79 Å². The zero-order valence-electron chi connectivity index (χ0n) is 14.2. The normalized spacial score (nSPS) is 11.3. The van der Waals surface area contributed by atoms with Gasteiger partial charge in [0.25, 0.3) is 0 Å². The molecule has 1 aromatic heterocycles.